The largest absolute Gasteiger partial charge is 0.383 e. The quantitative estimate of drug-likeness (QED) is 0.443. The van der Waals surface area contributed by atoms with Crippen LogP contribution in [0.1, 0.15) is 11.1 Å². The number of nitrogens with two attached hydrogens (primary N) is 2. The first-order valence-corrected chi connectivity index (χ1v) is 7.80. The normalized spacial score (nSPS) is 14.3. The van der Waals surface area contributed by atoms with Crippen molar-refractivity contribution in [2.24, 2.45) is 5.73 Å². The van der Waals surface area contributed by atoms with Gasteiger partial charge in [0.05, 0.1) is 30.2 Å². The number of amides is 2. The Labute approximate surface area is 140 Å². The maximum Gasteiger partial charge on any atom is 0.329 e. The third-order valence-electron chi connectivity index (χ3n) is 4.26. The fourth-order valence-electron chi connectivity index (χ4n) is 2.94. The summed E-state index contributed by atoms with van der Waals surface area (Å²) >= 11 is 0. The maximum atomic E-state index is 12.8. The molecule has 1 aromatic heterocycles. The summed E-state index contributed by atoms with van der Waals surface area (Å²) in [6, 6.07) is 7.36. The zero-order valence-corrected chi connectivity index (χ0v) is 13.8. The number of hydrogen-bond donors (Lipinski definition) is 3. The van der Waals surface area contributed by atoms with Crippen molar-refractivity contribution in [1.29, 1.82) is 5.41 Å². The summed E-state index contributed by atoms with van der Waals surface area (Å²) in [7, 11) is 1.89. The number of quaternary nitrogens is 1. The number of pyridine rings is 1. The average Bonchev–Trinajstić information content (AvgIpc) is 2.96. The molecule has 1 saturated heterocycles. The Morgan fingerprint density at radius 2 is 2.04 bits per heavy atom. The van der Waals surface area contributed by atoms with Gasteiger partial charge in [-0.05, 0) is 30.7 Å². The zero-order chi connectivity index (χ0) is 17.3. The van der Waals surface area contributed by atoms with Gasteiger partial charge in [-0.15, -0.1) is 0 Å². The molecule has 124 valence electrons. The second-order valence-corrected chi connectivity index (χ2v) is 5.72. The second-order valence-electron chi connectivity index (χ2n) is 5.72. The zero-order valence-electron chi connectivity index (χ0n) is 13.8. The molecule has 0 bridgehead atoms. The number of hydrogen-bond acceptors (Lipinski definition) is 3. The van der Waals surface area contributed by atoms with Gasteiger partial charge in [-0.2, -0.15) is 0 Å². The molecule has 1 aliphatic heterocycles. The van der Waals surface area contributed by atoms with Crippen LogP contribution in [-0.4, -0.2) is 37.0 Å². The van der Waals surface area contributed by atoms with E-state index in [1.54, 1.807) is 28.3 Å². The Morgan fingerprint density at radius 3 is 2.71 bits per heavy atom. The SMILES string of the molecule is C[NH2+]c1cc(N2CCN(c3cnccc3C)C2=O)ccc1C(=N)N. The Hall–Kier alpha value is -2.93. The van der Waals surface area contributed by atoms with Crippen molar-refractivity contribution in [3.63, 3.8) is 0 Å². The summed E-state index contributed by atoms with van der Waals surface area (Å²) in [5.74, 6) is 0.0232. The van der Waals surface area contributed by atoms with Gasteiger partial charge in [0, 0.05) is 25.4 Å². The standard InChI is InChI=1S/C17H20N6O/c1-11-5-6-21-10-15(11)23-8-7-22(17(23)24)12-3-4-13(16(18)19)14(9-12)20-2/h3-6,9-10,20H,7-8H2,1-2H3,(H3,18,19)/p+1. The molecule has 7 heteroatoms. The highest BCUT2D eigenvalue weighted by molar-refractivity contribution is 6.07. The summed E-state index contributed by atoms with van der Waals surface area (Å²) in [5, 5.41) is 9.52. The van der Waals surface area contributed by atoms with Crippen LogP contribution in [0.4, 0.5) is 21.9 Å². The number of urea groups is 1. The second kappa shape index (κ2) is 6.29. The van der Waals surface area contributed by atoms with Gasteiger partial charge in [0.2, 0.25) is 0 Å². The number of amidine groups is 1. The number of carbonyl (C=O) groups excluding carboxylic acids is 1. The van der Waals surface area contributed by atoms with Gasteiger partial charge in [0.1, 0.15) is 11.5 Å². The Morgan fingerprint density at radius 1 is 1.29 bits per heavy atom. The molecule has 2 aromatic rings. The fourth-order valence-corrected chi connectivity index (χ4v) is 2.94. The van der Waals surface area contributed by atoms with Crippen LogP contribution in [-0.2, 0) is 0 Å². The van der Waals surface area contributed by atoms with Gasteiger partial charge in [0.25, 0.3) is 0 Å². The first-order valence-electron chi connectivity index (χ1n) is 7.80. The van der Waals surface area contributed by atoms with Gasteiger partial charge in [-0.1, -0.05) is 0 Å². The van der Waals surface area contributed by atoms with E-state index in [0.29, 0.717) is 18.7 Å². The van der Waals surface area contributed by atoms with Crippen molar-refractivity contribution in [2.75, 3.05) is 29.9 Å². The molecule has 1 aromatic carbocycles. The number of benzene rings is 1. The molecule has 0 spiro atoms. The molecule has 1 fully saturated rings. The van der Waals surface area contributed by atoms with Crippen molar-refractivity contribution in [3.8, 4) is 0 Å². The van der Waals surface area contributed by atoms with E-state index in [-0.39, 0.29) is 11.9 Å². The lowest BCUT2D eigenvalue weighted by atomic mass is 10.1. The number of anilines is 2. The molecule has 2 heterocycles. The van der Waals surface area contributed by atoms with E-state index in [4.69, 9.17) is 11.1 Å². The third-order valence-corrected chi connectivity index (χ3v) is 4.26. The van der Waals surface area contributed by atoms with Crippen LogP contribution in [0.5, 0.6) is 0 Å². The number of nitrogen functional groups attached to an aromatic ring is 1. The number of carbonyl (C=O) groups is 1. The summed E-state index contributed by atoms with van der Waals surface area (Å²) < 4.78 is 0. The van der Waals surface area contributed by atoms with E-state index in [1.165, 1.54) is 0 Å². The molecule has 1 aliphatic rings. The predicted molar refractivity (Wildman–Crippen MR) is 94.0 cm³/mol. The van der Waals surface area contributed by atoms with Gasteiger partial charge in [-0.25, -0.2) is 4.79 Å². The Kier molecular flexibility index (Phi) is 4.18. The number of aromatic nitrogens is 1. The summed E-state index contributed by atoms with van der Waals surface area (Å²) in [6.07, 6.45) is 3.45. The maximum absolute atomic E-state index is 12.8. The molecule has 0 radical (unpaired) electrons. The van der Waals surface area contributed by atoms with Crippen molar-refractivity contribution in [2.45, 2.75) is 6.92 Å². The van der Waals surface area contributed by atoms with Crippen molar-refractivity contribution in [1.82, 2.24) is 4.98 Å². The van der Waals surface area contributed by atoms with Gasteiger partial charge in [-0.3, -0.25) is 20.2 Å². The summed E-state index contributed by atoms with van der Waals surface area (Å²) in [6.45, 7) is 3.19. The summed E-state index contributed by atoms with van der Waals surface area (Å²) in [5.41, 5.74) is 9.80. The average molecular weight is 325 g/mol. The molecule has 0 aliphatic carbocycles. The Bertz CT molecular complexity index is 803. The van der Waals surface area contributed by atoms with Crippen molar-refractivity contribution >= 4 is 28.9 Å². The Balaban J connectivity index is 1.91. The van der Waals surface area contributed by atoms with Crippen LogP contribution < -0.4 is 20.9 Å². The topological polar surface area (TPSA) is 103 Å². The number of aryl methyl sites for hydroxylation is 1. The van der Waals surface area contributed by atoms with Crippen LogP contribution in [0.3, 0.4) is 0 Å². The molecule has 0 unspecified atom stereocenters. The fraction of sp³-hybridized carbons (Fsp3) is 0.235. The lowest BCUT2D eigenvalue weighted by Crippen LogP contribution is -2.73. The number of nitrogens with one attached hydrogen (secondary N) is 1. The highest BCUT2D eigenvalue weighted by atomic mass is 16.2. The molecule has 0 atom stereocenters. The van der Waals surface area contributed by atoms with E-state index in [2.05, 4.69) is 4.98 Å². The van der Waals surface area contributed by atoms with E-state index in [9.17, 15) is 4.79 Å². The van der Waals surface area contributed by atoms with Crippen molar-refractivity contribution < 1.29 is 10.1 Å². The highest BCUT2D eigenvalue weighted by Crippen LogP contribution is 2.28. The monoisotopic (exact) mass is 325 g/mol. The first kappa shape index (κ1) is 15.9. The molecular weight excluding hydrogens is 304 g/mol. The van der Waals surface area contributed by atoms with Crippen molar-refractivity contribution in [3.05, 3.63) is 47.8 Å². The van der Waals surface area contributed by atoms with E-state index >= 15 is 0 Å². The molecule has 24 heavy (non-hydrogen) atoms. The predicted octanol–water partition coefficient (Wildman–Crippen LogP) is 0.945. The highest BCUT2D eigenvalue weighted by Gasteiger charge is 2.32. The number of nitrogens with zero attached hydrogens (tertiary/aromatic N) is 3. The molecule has 7 nitrogen and oxygen atoms in total. The first-order chi connectivity index (χ1) is 11.5. The molecular formula is C17H21N6O+. The van der Waals surface area contributed by atoms with Gasteiger partial charge >= 0.3 is 6.03 Å². The van der Waals surface area contributed by atoms with E-state index in [0.717, 1.165) is 22.6 Å². The van der Waals surface area contributed by atoms with Crippen LogP contribution in [0.2, 0.25) is 0 Å². The van der Waals surface area contributed by atoms with Crippen LogP contribution in [0.25, 0.3) is 0 Å². The minimum atomic E-state index is -0.0660. The summed E-state index contributed by atoms with van der Waals surface area (Å²) in [4.78, 5) is 20.4. The molecule has 0 saturated carbocycles. The van der Waals surface area contributed by atoms with Gasteiger partial charge < -0.3 is 11.1 Å². The number of rotatable bonds is 4. The van der Waals surface area contributed by atoms with E-state index < -0.39 is 0 Å². The van der Waals surface area contributed by atoms with Gasteiger partial charge in [0.15, 0.2) is 0 Å². The molecule has 3 rings (SSSR count). The van der Waals surface area contributed by atoms with E-state index in [1.807, 2.05) is 37.5 Å². The minimum absolute atomic E-state index is 0.0232. The minimum Gasteiger partial charge on any atom is -0.383 e. The third kappa shape index (κ3) is 2.69. The molecule has 2 amide bonds. The van der Waals surface area contributed by atoms with Crippen LogP contribution in [0.15, 0.2) is 36.7 Å². The van der Waals surface area contributed by atoms with Crippen LogP contribution in [0, 0.1) is 12.3 Å². The van der Waals surface area contributed by atoms with Crippen LogP contribution >= 0.6 is 0 Å². The lowest BCUT2D eigenvalue weighted by molar-refractivity contribution is -0.539. The molecule has 5 N–H and O–H groups in total. The lowest BCUT2D eigenvalue weighted by Gasteiger charge is -2.20. The smallest absolute Gasteiger partial charge is 0.329 e.